The van der Waals surface area contributed by atoms with Gasteiger partial charge in [0.05, 0.1) is 11.5 Å². The van der Waals surface area contributed by atoms with Gasteiger partial charge in [0.25, 0.3) is 0 Å². The molecule has 0 spiro atoms. The van der Waals surface area contributed by atoms with Crippen molar-refractivity contribution in [2.45, 2.75) is 75.9 Å². The molecule has 5 rings (SSSR count). The smallest absolute Gasteiger partial charge is 0.306 e. The van der Waals surface area contributed by atoms with Gasteiger partial charge in [0.15, 0.2) is 5.78 Å². The third-order valence-electron chi connectivity index (χ3n) is 7.70. The van der Waals surface area contributed by atoms with Crippen molar-refractivity contribution in [1.29, 1.82) is 0 Å². The second-order valence-electron chi connectivity index (χ2n) is 10.00. The van der Waals surface area contributed by atoms with E-state index in [0.29, 0.717) is 30.9 Å². The van der Waals surface area contributed by atoms with Gasteiger partial charge in [0.1, 0.15) is 5.82 Å². The summed E-state index contributed by atoms with van der Waals surface area (Å²) in [5, 5.41) is 18.5. The topological polar surface area (TPSA) is 91.3 Å². The Morgan fingerprint density at radius 1 is 1.13 bits per heavy atom. The van der Waals surface area contributed by atoms with Crippen LogP contribution in [0.25, 0.3) is 10.8 Å². The Morgan fingerprint density at radius 3 is 2.71 bits per heavy atom. The lowest BCUT2D eigenvalue weighted by Gasteiger charge is -2.36. The van der Waals surface area contributed by atoms with Gasteiger partial charge in [-0.2, -0.15) is 0 Å². The Bertz CT molecular complexity index is 1010. The second-order valence-corrected chi connectivity index (χ2v) is 10.00. The minimum absolute atomic E-state index is 0.0152. The number of nitrogens with one attached hydrogen (secondary N) is 2. The maximum Gasteiger partial charge on any atom is 0.306 e. The third-order valence-corrected chi connectivity index (χ3v) is 7.70. The van der Waals surface area contributed by atoms with Gasteiger partial charge in [0.2, 0.25) is 0 Å². The molecule has 3 N–H and O–H groups in total. The number of rotatable bonds is 5. The molecular weight excluding hydrogens is 390 g/mol. The Morgan fingerprint density at radius 2 is 1.94 bits per heavy atom. The van der Waals surface area contributed by atoms with E-state index in [9.17, 15) is 14.7 Å². The average molecular weight is 422 g/mol. The predicted octanol–water partition coefficient (Wildman–Crippen LogP) is 4.39. The first-order valence-electron chi connectivity index (χ1n) is 11.6. The van der Waals surface area contributed by atoms with E-state index >= 15 is 0 Å². The Labute approximate surface area is 182 Å². The van der Waals surface area contributed by atoms with Crippen LogP contribution in [0.15, 0.2) is 30.5 Å². The van der Waals surface area contributed by atoms with Gasteiger partial charge in [-0.3, -0.25) is 9.59 Å². The van der Waals surface area contributed by atoms with E-state index in [4.69, 9.17) is 0 Å². The number of nitrogens with zero attached hydrogens (tertiary/aromatic N) is 1. The molecule has 3 fully saturated rings. The zero-order chi connectivity index (χ0) is 21.6. The maximum atomic E-state index is 13.5. The Balaban J connectivity index is 1.35. The van der Waals surface area contributed by atoms with Gasteiger partial charge in [0, 0.05) is 29.2 Å². The monoisotopic (exact) mass is 421 g/mol. The number of carbonyl (C=O) groups is 2. The first kappa shape index (κ1) is 20.4. The summed E-state index contributed by atoms with van der Waals surface area (Å²) in [6, 6.07) is 8.44. The number of anilines is 1. The number of carboxylic acid groups (broad SMARTS) is 1. The molecule has 0 amide bonds. The first-order valence-corrected chi connectivity index (χ1v) is 11.6. The summed E-state index contributed by atoms with van der Waals surface area (Å²) in [5.74, 6) is 0.484. The molecule has 2 bridgehead atoms. The van der Waals surface area contributed by atoms with Crippen LogP contribution in [0.3, 0.4) is 0 Å². The summed E-state index contributed by atoms with van der Waals surface area (Å²) in [4.78, 5) is 29.6. The molecule has 1 aromatic carbocycles. The minimum Gasteiger partial charge on any atom is -0.481 e. The standard InChI is InChI=1S/C25H31N3O3/c1-15-2-6-20(7-3-15)27-22-12-16-4-5-17(10-19(16)14-26-22)23(29)25-9-8-21(28-25)11-18(13-25)24(30)31/h4-5,10,12,14-15,18,20-21,28H,2-3,6-9,11,13H2,1H3,(H,26,27)(H,30,31). The molecular formula is C25H31N3O3. The number of ketones is 1. The summed E-state index contributed by atoms with van der Waals surface area (Å²) < 4.78 is 0. The molecule has 3 atom stereocenters. The fraction of sp³-hybridized carbons (Fsp3) is 0.560. The van der Waals surface area contributed by atoms with Crippen molar-refractivity contribution in [3.8, 4) is 0 Å². The van der Waals surface area contributed by atoms with Crippen molar-refractivity contribution >= 4 is 28.3 Å². The number of aliphatic carboxylic acids is 1. The molecule has 0 radical (unpaired) electrons. The highest BCUT2D eigenvalue weighted by molar-refractivity contribution is 6.06. The summed E-state index contributed by atoms with van der Waals surface area (Å²) in [6.45, 7) is 2.32. The highest BCUT2D eigenvalue weighted by Gasteiger charge is 2.51. The summed E-state index contributed by atoms with van der Waals surface area (Å²) >= 11 is 0. The zero-order valence-electron chi connectivity index (χ0n) is 18.1. The molecule has 6 heteroatoms. The van der Waals surface area contributed by atoms with Gasteiger partial charge in [-0.1, -0.05) is 19.1 Å². The van der Waals surface area contributed by atoms with Gasteiger partial charge in [-0.05, 0) is 74.8 Å². The van der Waals surface area contributed by atoms with Gasteiger partial charge < -0.3 is 15.7 Å². The molecule has 3 heterocycles. The largest absolute Gasteiger partial charge is 0.481 e. The van der Waals surface area contributed by atoms with Crippen LogP contribution in [0.5, 0.6) is 0 Å². The number of aromatic nitrogens is 1. The highest BCUT2D eigenvalue weighted by atomic mass is 16.4. The molecule has 2 saturated heterocycles. The minimum atomic E-state index is -0.791. The van der Waals surface area contributed by atoms with E-state index < -0.39 is 17.4 Å². The molecule has 6 nitrogen and oxygen atoms in total. The summed E-state index contributed by atoms with van der Waals surface area (Å²) in [5.41, 5.74) is -0.109. The van der Waals surface area contributed by atoms with E-state index in [1.807, 2.05) is 24.4 Å². The zero-order valence-corrected chi connectivity index (χ0v) is 18.1. The number of pyridine rings is 1. The molecule has 3 aliphatic rings. The number of carboxylic acids is 1. The van der Waals surface area contributed by atoms with E-state index in [0.717, 1.165) is 28.9 Å². The summed E-state index contributed by atoms with van der Waals surface area (Å²) in [7, 11) is 0. The Hall–Kier alpha value is -2.47. The number of carbonyl (C=O) groups excluding carboxylic acids is 1. The van der Waals surface area contributed by atoms with Crippen molar-refractivity contribution < 1.29 is 14.7 Å². The van der Waals surface area contributed by atoms with Gasteiger partial charge in [-0.15, -0.1) is 0 Å². The fourth-order valence-corrected chi connectivity index (χ4v) is 5.85. The van der Waals surface area contributed by atoms with Crippen LogP contribution in [0.2, 0.25) is 0 Å². The Kier molecular flexibility index (Phi) is 5.21. The molecule has 31 heavy (non-hydrogen) atoms. The van der Waals surface area contributed by atoms with Crippen molar-refractivity contribution in [2.75, 3.05) is 5.32 Å². The molecule has 2 aliphatic heterocycles. The molecule has 1 saturated carbocycles. The molecule has 3 unspecified atom stereocenters. The van der Waals surface area contributed by atoms with E-state index in [1.165, 1.54) is 25.7 Å². The number of hydrogen-bond donors (Lipinski definition) is 3. The number of hydrogen-bond acceptors (Lipinski definition) is 5. The molecule has 1 aromatic heterocycles. The van der Waals surface area contributed by atoms with E-state index in [2.05, 4.69) is 28.6 Å². The maximum absolute atomic E-state index is 13.5. The SMILES string of the molecule is CC1CCC(Nc2cc3ccc(C(=O)C45CCC(CC(C(=O)O)C4)N5)cc3cn2)CC1. The molecule has 164 valence electrons. The van der Waals surface area contributed by atoms with Crippen LogP contribution < -0.4 is 10.6 Å². The second kappa shape index (κ2) is 7.90. The van der Waals surface area contributed by atoms with E-state index in [-0.39, 0.29) is 11.8 Å². The van der Waals surface area contributed by atoms with Crippen LogP contribution >= 0.6 is 0 Å². The van der Waals surface area contributed by atoms with E-state index in [1.54, 1.807) is 0 Å². The molecule has 1 aliphatic carbocycles. The van der Waals surface area contributed by atoms with Crippen LogP contribution in [-0.2, 0) is 4.79 Å². The van der Waals surface area contributed by atoms with Crippen LogP contribution in [-0.4, -0.2) is 39.5 Å². The lowest BCUT2D eigenvalue weighted by molar-refractivity contribution is -0.143. The normalized spacial score (nSPS) is 32.7. The van der Waals surface area contributed by atoms with Crippen LogP contribution in [0.4, 0.5) is 5.82 Å². The summed E-state index contributed by atoms with van der Waals surface area (Å²) in [6.07, 6.45) is 9.27. The number of benzene rings is 1. The van der Waals surface area contributed by atoms with Crippen molar-refractivity contribution in [2.24, 2.45) is 11.8 Å². The quantitative estimate of drug-likeness (QED) is 0.620. The third kappa shape index (κ3) is 3.93. The van der Waals surface area contributed by atoms with Gasteiger partial charge >= 0.3 is 5.97 Å². The van der Waals surface area contributed by atoms with Crippen molar-refractivity contribution in [3.63, 3.8) is 0 Å². The highest BCUT2D eigenvalue weighted by Crippen LogP contribution is 2.41. The van der Waals surface area contributed by atoms with Crippen molar-refractivity contribution in [1.82, 2.24) is 10.3 Å². The predicted molar refractivity (Wildman–Crippen MR) is 120 cm³/mol. The number of fused-ring (bicyclic) bond motifs is 3. The van der Waals surface area contributed by atoms with Crippen molar-refractivity contribution in [3.05, 3.63) is 36.0 Å². The van der Waals surface area contributed by atoms with Crippen LogP contribution in [0, 0.1) is 11.8 Å². The first-order chi connectivity index (χ1) is 14.9. The average Bonchev–Trinajstić information content (AvgIpc) is 3.09. The van der Waals surface area contributed by atoms with Gasteiger partial charge in [-0.25, -0.2) is 4.98 Å². The number of piperidine rings is 1. The van der Waals surface area contributed by atoms with Crippen LogP contribution in [0.1, 0.15) is 68.6 Å². The number of Topliss-reactive ketones (excluding diaryl/α,β-unsaturated/α-hetero) is 1. The lowest BCUT2D eigenvalue weighted by atomic mass is 9.78. The molecule has 2 aromatic rings. The lowest BCUT2D eigenvalue weighted by Crippen LogP contribution is -2.55. The fourth-order valence-electron chi connectivity index (χ4n) is 5.85.